The lowest BCUT2D eigenvalue weighted by Gasteiger charge is -2.36. The molecular formula is C24H42O2. The van der Waals surface area contributed by atoms with Crippen LogP contribution in [0, 0.1) is 35.5 Å². The van der Waals surface area contributed by atoms with Crippen molar-refractivity contribution in [2.75, 3.05) is 0 Å². The van der Waals surface area contributed by atoms with Gasteiger partial charge in [-0.3, -0.25) is 0 Å². The van der Waals surface area contributed by atoms with E-state index in [1.54, 1.807) is 0 Å². The van der Waals surface area contributed by atoms with Gasteiger partial charge in [0.2, 0.25) is 0 Å². The smallest absolute Gasteiger partial charge is 0.101 e. The standard InChI is InChI=1S/C24H42O2/c1-17(2)21-11-9-19(5)15-23(21)25-13-7-8-14-26-24-16-20(6)10-12-22(24)18(3)4/h7-8,13-14,17-24H,9-12,15-16H2,1-6H3/b13-7+,14-8+/t19-,20-,21+,22+,23-,24-/m1/s1. The molecular weight excluding hydrogens is 320 g/mol. The van der Waals surface area contributed by atoms with Crippen molar-refractivity contribution in [3.8, 4) is 0 Å². The monoisotopic (exact) mass is 362 g/mol. The quantitative estimate of drug-likeness (QED) is 0.359. The first-order valence-electron chi connectivity index (χ1n) is 11.0. The van der Waals surface area contributed by atoms with Gasteiger partial charge in [-0.1, -0.05) is 54.4 Å². The topological polar surface area (TPSA) is 18.5 Å². The molecule has 26 heavy (non-hydrogen) atoms. The van der Waals surface area contributed by atoms with Gasteiger partial charge in [-0.05, 0) is 73.3 Å². The highest BCUT2D eigenvalue weighted by Gasteiger charge is 2.32. The third-order valence-electron chi connectivity index (χ3n) is 6.70. The number of hydrogen-bond donors (Lipinski definition) is 0. The Kier molecular flexibility index (Phi) is 8.57. The van der Waals surface area contributed by atoms with Crippen LogP contribution in [0.3, 0.4) is 0 Å². The molecule has 2 heteroatoms. The van der Waals surface area contributed by atoms with E-state index >= 15 is 0 Å². The van der Waals surface area contributed by atoms with Gasteiger partial charge in [0.05, 0.1) is 12.5 Å². The molecule has 6 atom stereocenters. The van der Waals surface area contributed by atoms with Crippen molar-refractivity contribution in [3.05, 3.63) is 24.7 Å². The summed E-state index contributed by atoms with van der Waals surface area (Å²) in [6.45, 7) is 14.0. The van der Waals surface area contributed by atoms with E-state index < -0.39 is 0 Å². The van der Waals surface area contributed by atoms with Gasteiger partial charge in [0, 0.05) is 0 Å². The van der Waals surface area contributed by atoms with Crippen LogP contribution in [0.2, 0.25) is 0 Å². The second-order valence-electron chi connectivity index (χ2n) is 9.66. The van der Waals surface area contributed by atoms with Gasteiger partial charge in [-0.25, -0.2) is 0 Å². The van der Waals surface area contributed by atoms with Gasteiger partial charge in [0.1, 0.15) is 12.2 Å². The SMILES string of the molecule is CC(C)[C@@H]1CC[C@@H](C)C[C@H]1O/C=C/C=C/O[C@@H]1C[C@H](C)CC[C@H]1C(C)C. The van der Waals surface area contributed by atoms with Crippen LogP contribution in [0.25, 0.3) is 0 Å². The van der Waals surface area contributed by atoms with Crippen molar-refractivity contribution >= 4 is 0 Å². The minimum absolute atomic E-state index is 0.369. The van der Waals surface area contributed by atoms with Gasteiger partial charge < -0.3 is 9.47 Å². The van der Waals surface area contributed by atoms with Crippen molar-refractivity contribution in [1.82, 2.24) is 0 Å². The number of ether oxygens (including phenoxy) is 2. The third-order valence-corrected chi connectivity index (χ3v) is 6.70. The summed E-state index contributed by atoms with van der Waals surface area (Å²) >= 11 is 0. The zero-order valence-electron chi connectivity index (χ0n) is 18.0. The van der Waals surface area contributed by atoms with E-state index in [4.69, 9.17) is 9.47 Å². The Hall–Kier alpha value is -0.920. The molecule has 0 unspecified atom stereocenters. The fourth-order valence-corrected chi connectivity index (χ4v) is 4.93. The van der Waals surface area contributed by atoms with E-state index in [9.17, 15) is 0 Å². The molecule has 0 saturated heterocycles. The van der Waals surface area contributed by atoms with Crippen LogP contribution >= 0.6 is 0 Å². The maximum absolute atomic E-state index is 6.11. The van der Waals surface area contributed by atoms with Crippen LogP contribution in [-0.2, 0) is 9.47 Å². The average molecular weight is 363 g/mol. The van der Waals surface area contributed by atoms with Crippen molar-refractivity contribution in [2.45, 2.75) is 92.3 Å². The van der Waals surface area contributed by atoms with Crippen molar-refractivity contribution < 1.29 is 9.47 Å². The van der Waals surface area contributed by atoms with Crippen LogP contribution in [0.1, 0.15) is 80.1 Å². The Morgan fingerprint density at radius 3 is 1.38 bits per heavy atom. The first-order valence-corrected chi connectivity index (χ1v) is 11.0. The minimum Gasteiger partial charge on any atom is -0.498 e. The summed E-state index contributed by atoms with van der Waals surface area (Å²) in [5.41, 5.74) is 0. The van der Waals surface area contributed by atoms with Gasteiger partial charge >= 0.3 is 0 Å². The van der Waals surface area contributed by atoms with Crippen LogP contribution in [0.15, 0.2) is 24.7 Å². The Labute approximate surface area is 162 Å². The molecule has 0 radical (unpaired) electrons. The number of rotatable bonds is 7. The lowest BCUT2D eigenvalue weighted by molar-refractivity contribution is 0.0121. The van der Waals surface area contributed by atoms with Crippen LogP contribution in [0.4, 0.5) is 0 Å². The van der Waals surface area contributed by atoms with Crippen LogP contribution in [0.5, 0.6) is 0 Å². The molecule has 0 spiro atoms. The molecule has 0 amide bonds. The fraction of sp³-hybridized carbons (Fsp3) is 0.833. The molecule has 0 bridgehead atoms. The predicted molar refractivity (Wildman–Crippen MR) is 111 cm³/mol. The molecule has 2 saturated carbocycles. The summed E-state index contributed by atoms with van der Waals surface area (Å²) in [5.74, 6) is 4.33. The molecule has 0 aromatic rings. The summed E-state index contributed by atoms with van der Waals surface area (Å²) in [4.78, 5) is 0. The Balaban J connectivity index is 1.79. The molecule has 0 aromatic carbocycles. The first-order chi connectivity index (χ1) is 12.4. The molecule has 0 aliphatic heterocycles. The van der Waals surface area contributed by atoms with E-state index in [2.05, 4.69) is 41.5 Å². The number of allylic oxidation sites excluding steroid dienone is 2. The predicted octanol–water partition coefficient (Wildman–Crippen LogP) is 6.97. The van der Waals surface area contributed by atoms with Gasteiger partial charge in [-0.2, -0.15) is 0 Å². The maximum Gasteiger partial charge on any atom is 0.101 e. The lowest BCUT2D eigenvalue weighted by atomic mass is 9.75. The molecule has 2 aliphatic rings. The van der Waals surface area contributed by atoms with Crippen molar-refractivity contribution in [3.63, 3.8) is 0 Å². The van der Waals surface area contributed by atoms with Crippen molar-refractivity contribution in [1.29, 1.82) is 0 Å². The Morgan fingerprint density at radius 2 is 1.04 bits per heavy atom. The first kappa shape index (κ1) is 21.4. The zero-order chi connectivity index (χ0) is 19.1. The molecule has 150 valence electrons. The van der Waals surface area contributed by atoms with Gasteiger partial charge in [0.15, 0.2) is 0 Å². The highest BCUT2D eigenvalue weighted by atomic mass is 16.5. The van der Waals surface area contributed by atoms with E-state index in [1.165, 1.54) is 38.5 Å². The summed E-state index contributed by atoms with van der Waals surface area (Å²) in [7, 11) is 0. The number of hydrogen-bond acceptors (Lipinski definition) is 2. The van der Waals surface area contributed by atoms with Gasteiger partial charge in [-0.15, -0.1) is 0 Å². The minimum atomic E-state index is 0.369. The summed E-state index contributed by atoms with van der Waals surface area (Å²) in [5, 5.41) is 0. The second-order valence-corrected chi connectivity index (χ2v) is 9.66. The molecule has 2 fully saturated rings. The van der Waals surface area contributed by atoms with Crippen LogP contribution < -0.4 is 0 Å². The molecule has 0 aromatic heterocycles. The average Bonchev–Trinajstić information content (AvgIpc) is 2.57. The Bertz CT molecular complexity index is 409. The third kappa shape index (κ3) is 6.35. The van der Waals surface area contributed by atoms with E-state index in [-0.39, 0.29) is 0 Å². The Morgan fingerprint density at radius 1 is 0.654 bits per heavy atom. The summed E-state index contributed by atoms with van der Waals surface area (Å²) in [6, 6.07) is 0. The highest BCUT2D eigenvalue weighted by Crippen LogP contribution is 2.36. The lowest BCUT2D eigenvalue weighted by Crippen LogP contribution is -2.33. The summed E-state index contributed by atoms with van der Waals surface area (Å²) < 4.78 is 12.2. The van der Waals surface area contributed by atoms with Crippen molar-refractivity contribution in [2.24, 2.45) is 35.5 Å². The molecule has 2 aliphatic carbocycles. The second kappa shape index (κ2) is 10.4. The fourth-order valence-electron chi connectivity index (χ4n) is 4.93. The van der Waals surface area contributed by atoms with Crippen LogP contribution in [-0.4, -0.2) is 12.2 Å². The normalized spacial score (nSPS) is 36.3. The summed E-state index contributed by atoms with van der Waals surface area (Å²) in [6.07, 6.45) is 16.1. The van der Waals surface area contributed by atoms with E-state index in [0.29, 0.717) is 35.9 Å². The zero-order valence-corrected chi connectivity index (χ0v) is 18.0. The van der Waals surface area contributed by atoms with E-state index in [1.807, 2.05) is 24.7 Å². The van der Waals surface area contributed by atoms with Gasteiger partial charge in [0.25, 0.3) is 0 Å². The highest BCUT2D eigenvalue weighted by molar-refractivity contribution is 4.98. The maximum atomic E-state index is 6.11. The molecule has 2 rings (SSSR count). The molecule has 2 nitrogen and oxygen atoms in total. The molecule has 0 N–H and O–H groups in total. The largest absolute Gasteiger partial charge is 0.498 e. The van der Waals surface area contributed by atoms with E-state index in [0.717, 1.165) is 11.8 Å². The molecule has 0 heterocycles.